The van der Waals surface area contributed by atoms with Crippen LogP contribution in [0.5, 0.6) is 0 Å². The number of hydrogen-bond acceptors (Lipinski definition) is 1. The Morgan fingerprint density at radius 1 is 0.679 bits per heavy atom. The zero-order valence-electron chi connectivity index (χ0n) is 16.6. The van der Waals surface area contributed by atoms with Gasteiger partial charge in [-0.2, -0.15) is 0 Å². The highest BCUT2D eigenvalue weighted by Crippen LogP contribution is 2.31. The van der Waals surface area contributed by atoms with Crippen molar-refractivity contribution in [2.24, 2.45) is 0 Å². The van der Waals surface area contributed by atoms with Crippen LogP contribution in [0.3, 0.4) is 0 Å². The molecule has 1 heterocycles. The molecule has 2 aliphatic rings. The van der Waals surface area contributed by atoms with E-state index in [1.165, 1.54) is 49.8 Å². The molecule has 5 rings (SSSR count). The fraction of sp³-hybridized carbons (Fsp3) is 0.333. The van der Waals surface area contributed by atoms with E-state index in [2.05, 4.69) is 77.7 Å². The van der Waals surface area contributed by atoms with Crippen LogP contribution in [0.4, 0.5) is 0 Å². The first-order valence-corrected chi connectivity index (χ1v) is 10.8. The highest BCUT2D eigenvalue weighted by molar-refractivity contribution is 5.42. The van der Waals surface area contributed by atoms with Crippen molar-refractivity contribution in [3.05, 3.63) is 106 Å². The first-order chi connectivity index (χ1) is 13.9. The average molecular weight is 368 g/mol. The lowest BCUT2D eigenvalue weighted by atomic mass is 9.88. The van der Waals surface area contributed by atoms with Crippen LogP contribution in [0.1, 0.15) is 52.1 Å². The molecule has 0 unspecified atom stereocenters. The van der Waals surface area contributed by atoms with E-state index in [-0.39, 0.29) is 0 Å². The summed E-state index contributed by atoms with van der Waals surface area (Å²) in [6.07, 6.45) is 6.31. The molecule has 1 aliphatic heterocycles. The quantitative estimate of drug-likeness (QED) is 0.554. The van der Waals surface area contributed by atoms with Crippen molar-refractivity contribution in [3.63, 3.8) is 0 Å². The first-order valence-electron chi connectivity index (χ1n) is 10.8. The Hall–Kier alpha value is -2.38. The first kappa shape index (κ1) is 17.7. The topological polar surface area (TPSA) is 3.24 Å². The molecule has 0 N–H and O–H groups in total. The molecule has 0 atom stereocenters. The second kappa shape index (κ2) is 7.93. The van der Waals surface area contributed by atoms with Gasteiger partial charge < -0.3 is 0 Å². The van der Waals surface area contributed by atoms with Gasteiger partial charge in [-0.15, -0.1) is 0 Å². The Kier molecular flexibility index (Phi) is 5.01. The molecule has 0 aromatic heterocycles. The van der Waals surface area contributed by atoms with Gasteiger partial charge in [0, 0.05) is 19.0 Å². The highest BCUT2D eigenvalue weighted by Gasteiger charge is 2.22. The predicted molar refractivity (Wildman–Crippen MR) is 117 cm³/mol. The standard InChI is InChI=1S/C27H29N/c1-3-8-21(9-4-1)27(22-10-5-2-6-11-22)15-17-28-16-14-25-18-23-12-7-13-24(23)19-26(25)20-28/h1-6,8-11,18-19,27H,7,12-17,20H2. The lowest BCUT2D eigenvalue weighted by Crippen LogP contribution is -2.32. The van der Waals surface area contributed by atoms with Crippen LogP contribution in [-0.4, -0.2) is 18.0 Å². The minimum atomic E-state index is 0.476. The minimum Gasteiger partial charge on any atom is -0.299 e. The molecule has 0 amide bonds. The van der Waals surface area contributed by atoms with E-state index in [9.17, 15) is 0 Å². The molecule has 0 spiro atoms. The largest absolute Gasteiger partial charge is 0.299 e. The molecule has 1 nitrogen and oxygen atoms in total. The fourth-order valence-corrected chi connectivity index (χ4v) is 5.10. The van der Waals surface area contributed by atoms with E-state index in [0.717, 1.165) is 13.1 Å². The third kappa shape index (κ3) is 3.64. The zero-order chi connectivity index (χ0) is 18.8. The number of fused-ring (bicyclic) bond motifs is 2. The molecule has 0 bridgehead atoms. The van der Waals surface area contributed by atoms with Gasteiger partial charge in [-0.25, -0.2) is 0 Å². The Morgan fingerprint density at radius 3 is 1.89 bits per heavy atom. The maximum absolute atomic E-state index is 2.67. The van der Waals surface area contributed by atoms with Gasteiger partial charge in [0.25, 0.3) is 0 Å². The normalized spacial score (nSPS) is 16.2. The van der Waals surface area contributed by atoms with Crippen molar-refractivity contribution in [2.45, 2.75) is 44.6 Å². The van der Waals surface area contributed by atoms with Crippen LogP contribution < -0.4 is 0 Å². The second-order valence-corrected chi connectivity index (χ2v) is 8.43. The highest BCUT2D eigenvalue weighted by atomic mass is 15.1. The lowest BCUT2D eigenvalue weighted by Gasteiger charge is -2.31. The third-order valence-electron chi connectivity index (χ3n) is 6.64. The zero-order valence-corrected chi connectivity index (χ0v) is 16.6. The maximum atomic E-state index is 2.67. The van der Waals surface area contributed by atoms with E-state index in [4.69, 9.17) is 0 Å². The van der Waals surface area contributed by atoms with Crippen molar-refractivity contribution >= 4 is 0 Å². The minimum absolute atomic E-state index is 0.476. The summed E-state index contributed by atoms with van der Waals surface area (Å²) >= 11 is 0. The molecule has 0 radical (unpaired) electrons. The van der Waals surface area contributed by atoms with E-state index < -0.39 is 0 Å². The van der Waals surface area contributed by atoms with Crippen molar-refractivity contribution in [1.82, 2.24) is 4.90 Å². The molecule has 3 aromatic rings. The van der Waals surface area contributed by atoms with Gasteiger partial charge in [0.1, 0.15) is 0 Å². The maximum Gasteiger partial charge on any atom is 0.0236 e. The van der Waals surface area contributed by atoms with Crippen molar-refractivity contribution in [1.29, 1.82) is 0 Å². The lowest BCUT2D eigenvalue weighted by molar-refractivity contribution is 0.247. The second-order valence-electron chi connectivity index (χ2n) is 8.43. The van der Waals surface area contributed by atoms with Gasteiger partial charge in [-0.05, 0) is 72.0 Å². The monoisotopic (exact) mass is 367 g/mol. The number of hydrogen-bond donors (Lipinski definition) is 0. The van der Waals surface area contributed by atoms with Crippen LogP contribution in [0, 0.1) is 0 Å². The number of nitrogens with zero attached hydrogens (tertiary/aromatic N) is 1. The number of rotatable bonds is 5. The van der Waals surface area contributed by atoms with Gasteiger partial charge in [0.2, 0.25) is 0 Å². The van der Waals surface area contributed by atoms with Crippen LogP contribution in [0.15, 0.2) is 72.8 Å². The summed E-state index contributed by atoms with van der Waals surface area (Å²) in [5.41, 5.74) is 9.31. The summed E-state index contributed by atoms with van der Waals surface area (Å²) < 4.78 is 0. The molecule has 28 heavy (non-hydrogen) atoms. The smallest absolute Gasteiger partial charge is 0.0236 e. The molecule has 1 heteroatoms. The number of aryl methyl sites for hydroxylation is 2. The van der Waals surface area contributed by atoms with E-state index >= 15 is 0 Å². The van der Waals surface area contributed by atoms with Crippen molar-refractivity contribution in [2.75, 3.05) is 13.1 Å². The summed E-state index contributed by atoms with van der Waals surface area (Å²) in [6.45, 7) is 3.48. The van der Waals surface area contributed by atoms with Gasteiger partial charge in [0.15, 0.2) is 0 Å². The number of benzene rings is 3. The van der Waals surface area contributed by atoms with Crippen LogP contribution in [0.2, 0.25) is 0 Å². The van der Waals surface area contributed by atoms with Crippen LogP contribution in [-0.2, 0) is 25.8 Å². The molecule has 142 valence electrons. The molecule has 3 aromatic carbocycles. The molecular formula is C27H29N. The van der Waals surface area contributed by atoms with Crippen LogP contribution >= 0.6 is 0 Å². The van der Waals surface area contributed by atoms with E-state index in [1.54, 1.807) is 22.3 Å². The summed E-state index contributed by atoms with van der Waals surface area (Å²) in [6, 6.07) is 27.1. The predicted octanol–water partition coefficient (Wildman–Crippen LogP) is 5.76. The third-order valence-corrected chi connectivity index (χ3v) is 6.64. The SMILES string of the molecule is c1ccc(C(CCN2CCc3cc4c(cc3C2)CCC4)c2ccccc2)cc1. The molecule has 0 saturated carbocycles. The summed E-state index contributed by atoms with van der Waals surface area (Å²) in [7, 11) is 0. The summed E-state index contributed by atoms with van der Waals surface area (Å²) in [5.74, 6) is 0.476. The van der Waals surface area contributed by atoms with Gasteiger partial charge in [-0.3, -0.25) is 4.90 Å². The Bertz CT molecular complexity index is 890. The summed E-state index contributed by atoms with van der Waals surface area (Å²) in [5, 5.41) is 0. The van der Waals surface area contributed by atoms with Crippen molar-refractivity contribution < 1.29 is 0 Å². The van der Waals surface area contributed by atoms with Gasteiger partial charge in [0.05, 0.1) is 0 Å². The Morgan fingerprint density at radius 2 is 1.25 bits per heavy atom. The fourth-order valence-electron chi connectivity index (χ4n) is 5.10. The molecule has 0 fully saturated rings. The Balaban J connectivity index is 1.31. The molecule has 1 aliphatic carbocycles. The van der Waals surface area contributed by atoms with E-state index in [0.29, 0.717) is 5.92 Å². The molecule has 0 saturated heterocycles. The van der Waals surface area contributed by atoms with Crippen molar-refractivity contribution in [3.8, 4) is 0 Å². The van der Waals surface area contributed by atoms with E-state index in [1.807, 2.05) is 0 Å². The van der Waals surface area contributed by atoms with Gasteiger partial charge >= 0.3 is 0 Å². The Labute approximate surface area is 169 Å². The van der Waals surface area contributed by atoms with Crippen LogP contribution in [0.25, 0.3) is 0 Å². The summed E-state index contributed by atoms with van der Waals surface area (Å²) in [4.78, 5) is 2.67. The van der Waals surface area contributed by atoms with Gasteiger partial charge in [-0.1, -0.05) is 72.8 Å². The average Bonchev–Trinajstić information content (AvgIpc) is 3.21. The molecular weight excluding hydrogens is 338 g/mol.